The van der Waals surface area contributed by atoms with Crippen molar-refractivity contribution in [1.29, 1.82) is 0 Å². The van der Waals surface area contributed by atoms with Crippen molar-refractivity contribution < 1.29 is 18.7 Å². The summed E-state index contributed by atoms with van der Waals surface area (Å²) in [6, 6.07) is 3.09. The van der Waals surface area contributed by atoms with Crippen LogP contribution in [-0.4, -0.2) is 24.5 Å². The number of rotatable bonds is 2. The number of nitrogens with one attached hydrogen (secondary N) is 1. The zero-order valence-corrected chi connectivity index (χ0v) is 12.4. The molecule has 1 N–H and O–H groups in total. The van der Waals surface area contributed by atoms with E-state index in [9.17, 15) is 9.59 Å². The molecule has 2 aromatic rings. The molecule has 0 aliphatic carbocycles. The van der Waals surface area contributed by atoms with E-state index in [2.05, 4.69) is 5.32 Å². The van der Waals surface area contributed by atoms with Gasteiger partial charge in [0.15, 0.2) is 11.3 Å². The number of furan rings is 1. The number of hydrogen-bond acceptors (Lipinski definition) is 4. The van der Waals surface area contributed by atoms with Gasteiger partial charge >= 0.3 is 5.97 Å². The fraction of sp³-hybridized carbons (Fsp3) is 0.333. The standard InChI is InChI=1S/C15H14ClNO4/c1-7-5-9-8(2)12(21-13(9)10(16)6-7)14(18)17-11-3-4-20-15(11)19/h5-6,11H,3-4H2,1-2H3,(H,17,18)/t11-/m1/s1. The SMILES string of the molecule is Cc1cc(Cl)c2oc(C(=O)N[C@@H]3CCOC3=O)c(C)c2c1. The minimum absolute atomic E-state index is 0.178. The van der Waals surface area contributed by atoms with Crippen LogP contribution < -0.4 is 5.32 Å². The summed E-state index contributed by atoms with van der Waals surface area (Å²) in [5, 5.41) is 3.90. The van der Waals surface area contributed by atoms with E-state index in [1.807, 2.05) is 13.0 Å². The van der Waals surface area contributed by atoms with Crippen LogP contribution in [0.4, 0.5) is 0 Å². The lowest BCUT2D eigenvalue weighted by atomic mass is 10.1. The highest BCUT2D eigenvalue weighted by Crippen LogP contribution is 2.32. The summed E-state index contributed by atoms with van der Waals surface area (Å²) in [6.45, 7) is 4.05. The average molecular weight is 308 g/mol. The first kappa shape index (κ1) is 13.9. The number of carbonyl (C=O) groups is 2. The second-order valence-corrected chi connectivity index (χ2v) is 5.57. The molecule has 21 heavy (non-hydrogen) atoms. The fourth-order valence-electron chi connectivity index (χ4n) is 2.48. The van der Waals surface area contributed by atoms with Crippen molar-refractivity contribution in [2.75, 3.05) is 6.61 Å². The van der Waals surface area contributed by atoms with Gasteiger partial charge < -0.3 is 14.5 Å². The lowest BCUT2D eigenvalue weighted by Crippen LogP contribution is -2.37. The predicted octanol–water partition coefficient (Wildman–Crippen LogP) is 2.75. The highest BCUT2D eigenvalue weighted by atomic mass is 35.5. The van der Waals surface area contributed by atoms with E-state index in [4.69, 9.17) is 20.8 Å². The summed E-state index contributed by atoms with van der Waals surface area (Å²) < 4.78 is 10.4. The molecule has 0 saturated carbocycles. The number of fused-ring (bicyclic) bond motifs is 1. The second kappa shape index (κ2) is 5.07. The molecular weight excluding hydrogens is 294 g/mol. The largest absolute Gasteiger partial charge is 0.464 e. The first-order valence-electron chi connectivity index (χ1n) is 6.64. The van der Waals surface area contributed by atoms with Crippen molar-refractivity contribution in [3.8, 4) is 0 Å². The van der Waals surface area contributed by atoms with Gasteiger partial charge in [-0.3, -0.25) is 4.79 Å². The topological polar surface area (TPSA) is 68.5 Å². The maximum Gasteiger partial charge on any atom is 0.328 e. The van der Waals surface area contributed by atoms with Crippen molar-refractivity contribution in [2.24, 2.45) is 0 Å². The van der Waals surface area contributed by atoms with E-state index in [1.54, 1.807) is 13.0 Å². The summed E-state index contributed by atoms with van der Waals surface area (Å²) in [6.07, 6.45) is 0.476. The lowest BCUT2D eigenvalue weighted by Gasteiger charge is -2.07. The third-order valence-electron chi connectivity index (χ3n) is 3.58. The summed E-state index contributed by atoms with van der Waals surface area (Å²) in [4.78, 5) is 23.7. The molecule has 2 heterocycles. The molecule has 3 rings (SSSR count). The van der Waals surface area contributed by atoms with Crippen LogP contribution in [-0.2, 0) is 9.53 Å². The number of esters is 1. The van der Waals surface area contributed by atoms with Gasteiger partial charge in [-0.15, -0.1) is 0 Å². The predicted molar refractivity (Wildman–Crippen MR) is 77.5 cm³/mol. The molecule has 1 fully saturated rings. The average Bonchev–Trinajstić information content (AvgIpc) is 2.95. The molecule has 0 bridgehead atoms. The molecule has 110 valence electrons. The summed E-state index contributed by atoms with van der Waals surface area (Å²) in [5.41, 5.74) is 2.18. The van der Waals surface area contributed by atoms with Gasteiger partial charge in [0, 0.05) is 17.4 Å². The number of ether oxygens (including phenoxy) is 1. The summed E-state index contributed by atoms with van der Waals surface area (Å²) >= 11 is 6.15. The highest BCUT2D eigenvalue weighted by Gasteiger charge is 2.30. The van der Waals surface area contributed by atoms with Gasteiger partial charge in [-0.2, -0.15) is 0 Å². The number of halogens is 1. The highest BCUT2D eigenvalue weighted by molar-refractivity contribution is 6.35. The molecule has 1 aliphatic rings. The molecule has 0 unspecified atom stereocenters. The maximum atomic E-state index is 12.3. The molecule has 1 atom stereocenters. The van der Waals surface area contributed by atoms with Gasteiger partial charge in [0.1, 0.15) is 6.04 Å². The molecule has 5 nitrogen and oxygen atoms in total. The Morgan fingerprint density at radius 2 is 2.14 bits per heavy atom. The Hall–Kier alpha value is -2.01. The fourth-order valence-corrected chi connectivity index (χ4v) is 2.79. The summed E-state index contributed by atoms with van der Waals surface area (Å²) in [7, 11) is 0. The maximum absolute atomic E-state index is 12.3. The Balaban J connectivity index is 1.96. The molecular formula is C15H14ClNO4. The lowest BCUT2D eigenvalue weighted by molar-refractivity contribution is -0.139. The Morgan fingerprint density at radius 1 is 1.38 bits per heavy atom. The van der Waals surface area contributed by atoms with Crippen molar-refractivity contribution in [3.63, 3.8) is 0 Å². The Kier molecular flexibility index (Phi) is 3.37. The first-order chi connectivity index (χ1) is 9.97. The van der Waals surface area contributed by atoms with Crippen LogP contribution in [0, 0.1) is 13.8 Å². The van der Waals surface area contributed by atoms with Crippen LogP contribution in [0.25, 0.3) is 11.0 Å². The minimum atomic E-state index is -0.609. The van der Waals surface area contributed by atoms with E-state index in [-0.39, 0.29) is 5.76 Å². The molecule has 0 spiro atoms. The van der Waals surface area contributed by atoms with Crippen molar-refractivity contribution in [3.05, 3.63) is 34.0 Å². The first-order valence-corrected chi connectivity index (χ1v) is 7.02. The number of carbonyl (C=O) groups excluding carboxylic acids is 2. The smallest absolute Gasteiger partial charge is 0.328 e. The van der Waals surface area contributed by atoms with Crippen molar-refractivity contribution in [1.82, 2.24) is 5.32 Å². The third-order valence-corrected chi connectivity index (χ3v) is 3.86. The molecule has 1 saturated heterocycles. The van der Waals surface area contributed by atoms with Crippen LogP contribution in [0.5, 0.6) is 0 Å². The number of amides is 1. The molecule has 6 heteroatoms. The zero-order valence-electron chi connectivity index (χ0n) is 11.7. The number of benzene rings is 1. The van der Waals surface area contributed by atoms with Crippen LogP contribution in [0.2, 0.25) is 5.02 Å². The van der Waals surface area contributed by atoms with Gasteiger partial charge in [-0.25, -0.2) is 4.79 Å². The Morgan fingerprint density at radius 3 is 2.81 bits per heavy atom. The van der Waals surface area contributed by atoms with Crippen LogP contribution >= 0.6 is 11.6 Å². The normalized spacial score (nSPS) is 18.0. The van der Waals surface area contributed by atoms with Gasteiger partial charge in [-0.1, -0.05) is 11.6 Å². The van der Waals surface area contributed by atoms with E-state index in [0.29, 0.717) is 29.2 Å². The van der Waals surface area contributed by atoms with Crippen LogP contribution in [0.3, 0.4) is 0 Å². The van der Waals surface area contributed by atoms with Crippen molar-refractivity contribution >= 4 is 34.4 Å². The number of cyclic esters (lactones) is 1. The van der Waals surface area contributed by atoms with E-state index < -0.39 is 17.9 Å². The molecule has 1 aliphatic heterocycles. The van der Waals surface area contributed by atoms with Crippen molar-refractivity contribution in [2.45, 2.75) is 26.3 Å². The quantitative estimate of drug-likeness (QED) is 0.866. The van der Waals surface area contributed by atoms with E-state index >= 15 is 0 Å². The summed E-state index contributed by atoms with van der Waals surface area (Å²) in [5.74, 6) is -0.663. The van der Waals surface area contributed by atoms with Crippen LogP contribution in [0.1, 0.15) is 28.1 Å². The number of hydrogen-bond donors (Lipinski definition) is 1. The van der Waals surface area contributed by atoms with Gasteiger partial charge in [0.25, 0.3) is 5.91 Å². The minimum Gasteiger partial charge on any atom is -0.464 e. The zero-order chi connectivity index (χ0) is 15.1. The second-order valence-electron chi connectivity index (χ2n) is 5.16. The number of aryl methyl sites for hydroxylation is 2. The molecule has 1 amide bonds. The monoisotopic (exact) mass is 307 g/mol. The Labute approximate surface area is 126 Å². The molecule has 0 radical (unpaired) electrons. The molecule has 1 aromatic heterocycles. The van der Waals surface area contributed by atoms with Crippen LogP contribution in [0.15, 0.2) is 16.5 Å². The third kappa shape index (κ3) is 2.38. The van der Waals surface area contributed by atoms with Gasteiger partial charge in [0.2, 0.25) is 0 Å². The van der Waals surface area contributed by atoms with Gasteiger partial charge in [0.05, 0.1) is 11.6 Å². The van der Waals surface area contributed by atoms with Gasteiger partial charge in [-0.05, 0) is 31.5 Å². The molecule has 1 aromatic carbocycles. The van der Waals surface area contributed by atoms with E-state index in [0.717, 1.165) is 10.9 Å². The Bertz CT molecular complexity index is 750. The van der Waals surface area contributed by atoms with E-state index in [1.165, 1.54) is 0 Å².